The maximum absolute atomic E-state index is 13.2. The van der Waals surface area contributed by atoms with Gasteiger partial charge in [-0.2, -0.15) is 11.8 Å². The van der Waals surface area contributed by atoms with Crippen molar-refractivity contribution in [3.63, 3.8) is 0 Å². The zero-order valence-electron chi connectivity index (χ0n) is 26.1. The number of rotatable bonds is 16. The average molecular weight is 652 g/mol. The Labute approximate surface area is 271 Å². The normalized spacial score (nSPS) is 18.5. The van der Waals surface area contributed by atoms with E-state index in [0.29, 0.717) is 28.7 Å². The predicted octanol–water partition coefficient (Wildman–Crippen LogP) is 2.21. The van der Waals surface area contributed by atoms with Crippen molar-refractivity contribution in [1.29, 1.82) is 0 Å². The molecule has 0 aliphatic carbocycles. The number of carbonyl (C=O) groups excluding carboxylic acids is 4. The lowest BCUT2D eigenvalue weighted by Crippen LogP contribution is -2.36. The Balaban J connectivity index is 1.19. The Morgan fingerprint density at radius 2 is 1.50 bits per heavy atom. The van der Waals surface area contributed by atoms with Crippen LogP contribution in [0.1, 0.15) is 84.5 Å². The fraction of sp³-hybridized carbons (Fsp3) is 0.533. The highest BCUT2D eigenvalue weighted by molar-refractivity contribution is 8.00. The number of nitrogens with zero attached hydrogens (tertiary/aromatic N) is 6. The van der Waals surface area contributed by atoms with Crippen LogP contribution in [-0.2, 0) is 31.0 Å². The molecule has 5 rings (SSSR count). The van der Waals surface area contributed by atoms with Gasteiger partial charge in [-0.15, -0.1) is 10.2 Å². The highest BCUT2D eigenvalue weighted by Crippen LogP contribution is 2.33. The van der Waals surface area contributed by atoms with E-state index >= 15 is 0 Å². The van der Waals surface area contributed by atoms with Crippen molar-refractivity contribution in [1.82, 2.24) is 51.3 Å². The number of aryl methyl sites for hydroxylation is 2. The van der Waals surface area contributed by atoms with Gasteiger partial charge in [-0.05, 0) is 43.9 Å². The number of urea groups is 1. The molecule has 0 radical (unpaired) electrons. The van der Waals surface area contributed by atoms with Gasteiger partial charge in [-0.25, -0.2) is 4.79 Å². The number of nitrogens with one attached hydrogen (secondary N) is 5. The summed E-state index contributed by atoms with van der Waals surface area (Å²) in [6.45, 7) is 5.86. The molecule has 16 heteroatoms. The minimum Gasteiger partial charge on any atom is -0.346 e. The summed E-state index contributed by atoms with van der Waals surface area (Å²) in [4.78, 5) is 50.9. The molecule has 15 nitrogen and oxygen atoms in total. The van der Waals surface area contributed by atoms with Crippen LogP contribution in [0.25, 0.3) is 0 Å². The fourth-order valence-corrected chi connectivity index (χ4v) is 7.06. The molecule has 5 N–H and O–H groups in total. The van der Waals surface area contributed by atoms with E-state index in [9.17, 15) is 19.2 Å². The molecule has 0 saturated carbocycles. The van der Waals surface area contributed by atoms with E-state index in [2.05, 4.69) is 47.2 Å². The maximum atomic E-state index is 13.2. The molecule has 2 aliphatic heterocycles. The molecular weight excluding hydrogens is 610 g/mol. The van der Waals surface area contributed by atoms with Gasteiger partial charge in [0.05, 0.1) is 37.6 Å². The van der Waals surface area contributed by atoms with Crippen molar-refractivity contribution in [3.8, 4) is 0 Å². The van der Waals surface area contributed by atoms with Crippen LogP contribution in [0.4, 0.5) is 10.5 Å². The first-order chi connectivity index (χ1) is 22.3. The summed E-state index contributed by atoms with van der Waals surface area (Å²) < 4.78 is 3.43. The monoisotopic (exact) mass is 651 g/mol. The maximum Gasteiger partial charge on any atom is 0.315 e. The molecule has 2 saturated heterocycles. The largest absolute Gasteiger partial charge is 0.346 e. The fourth-order valence-electron chi connectivity index (χ4n) is 5.52. The summed E-state index contributed by atoms with van der Waals surface area (Å²) in [5, 5.41) is 31.1. The smallest absolute Gasteiger partial charge is 0.315 e. The third-order valence-electron chi connectivity index (χ3n) is 7.76. The number of thioether (sulfide) groups is 1. The highest BCUT2D eigenvalue weighted by Gasteiger charge is 2.42. The first kappa shape index (κ1) is 32.9. The molecule has 0 spiro atoms. The number of benzene rings is 1. The van der Waals surface area contributed by atoms with Crippen molar-refractivity contribution in [3.05, 3.63) is 53.1 Å². The van der Waals surface area contributed by atoms with Crippen molar-refractivity contribution < 1.29 is 19.2 Å². The van der Waals surface area contributed by atoms with Crippen LogP contribution in [-0.4, -0.2) is 76.8 Å². The molecule has 246 valence electrons. The van der Waals surface area contributed by atoms with Crippen LogP contribution in [0.15, 0.2) is 30.6 Å². The standard InChI is InChI=1S/C30H41N11O4S/c1-3-9-40-16-22(36-38-40)14-31-28(43)19-11-20(29(44)32-15-23-17-41(10-4-2)39-37-23)13-21(12-19)33-26(42)8-6-5-7-25-27-24(18-46-25)34-30(45)35-27/h11-13,16-17,24-25,27H,3-10,14-15,18H2,1-2H3,(H,31,43)(H,32,44)(H,33,42)(H2,34,35,45)/t24-,25-,27-/m1/s1. The van der Waals surface area contributed by atoms with E-state index in [-0.39, 0.29) is 54.7 Å². The van der Waals surface area contributed by atoms with Gasteiger partial charge in [-0.1, -0.05) is 30.7 Å². The molecule has 3 atom stereocenters. The summed E-state index contributed by atoms with van der Waals surface area (Å²) in [5.74, 6) is -0.152. The molecule has 3 aromatic rings. The van der Waals surface area contributed by atoms with Gasteiger partial charge in [0, 0.05) is 47.3 Å². The lowest BCUT2D eigenvalue weighted by molar-refractivity contribution is -0.116. The number of aromatic nitrogens is 6. The van der Waals surface area contributed by atoms with Crippen molar-refractivity contribution in [2.45, 2.75) is 95.9 Å². The van der Waals surface area contributed by atoms with Crippen LogP contribution in [0, 0.1) is 0 Å². The predicted molar refractivity (Wildman–Crippen MR) is 172 cm³/mol. The molecule has 4 heterocycles. The number of amides is 5. The second kappa shape index (κ2) is 15.7. The van der Waals surface area contributed by atoms with Crippen LogP contribution < -0.4 is 26.6 Å². The topological polar surface area (TPSA) is 190 Å². The molecule has 46 heavy (non-hydrogen) atoms. The van der Waals surface area contributed by atoms with E-state index in [4.69, 9.17) is 0 Å². The Morgan fingerprint density at radius 1 is 0.891 bits per heavy atom. The van der Waals surface area contributed by atoms with Crippen LogP contribution in [0.5, 0.6) is 0 Å². The molecule has 2 aliphatic rings. The molecule has 1 aromatic carbocycles. The molecule has 0 bridgehead atoms. The average Bonchev–Trinajstić information content (AvgIpc) is 3.83. The molecule has 2 fully saturated rings. The number of hydrogen-bond donors (Lipinski definition) is 5. The second-order valence-corrected chi connectivity index (χ2v) is 12.8. The van der Waals surface area contributed by atoms with Gasteiger partial charge in [0.2, 0.25) is 5.91 Å². The Morgan fingerprint density at radius 3 is 2.09 bits per heavy atom. The van der Waals surface area contributed by atoms with E-state index < -0.39 is 11.8 Å². The number of unbranched alkanes of at least 4 members (excludes halogenated alkanes) is 1. The molecule has 2 aromatic heterocycles. The zero-order valence-corrected chi connectivity index (χ0v) is 26.9. The summed E-state index contributed by atoms with van der Waals surface area (Å²) in [6, 6.07) is 4.80. The Bertz CT molecular complexity index is 1460. The number of anilines is 1. The SMILES string of the molecule is CCCn1cc(CNC(=O)c2cc(NC(=O)CCCC[C@H]3SC[C@H]4NC(=O)N[C@H]43)cc(C(=O)NCc3cn(CCC)nn3)c2)nn1. The Kier molecular flexibility index (Phi) is 11.2. The lowest BCUT2D eigenvalue weighted by Gasteiger charge is -2.16. The van der Waals surface area contributed by atoms with Crippen LogP contribution in [0.3, 0.4) is 0 Å². The summed E-state index contributed by atoms with van der Waals surface area (Å²) in [7, 11) is 0. The zero-order chi connectivity index (χ0) is 32.5. The van der Waals surface area contributed by atoms with E-state index in [1.165, 1.54) is 6.07 Å². The van der Waals surface area contributed by atoms with E-state index in [1.807, 2.05) is 25.6 Å². The summed E-state index contributed by atoms with van der Waals surface area (Å²) in [6.07, 6.45) is 8.08. The lowest BCUT2D eigenvalue weighted by atomic mass is 10.0. The van der Waals surface area contributed by atoms with Crippen LogP contribution in [0.2, 0.25) is 0 Å². The summed E-state index contributed by atoms with van der Waals surface area (Å²) in [5.41, 5.74) is 2.01. The summed E-state index contributed by atoms with van der Waals surface area (Å²) >= 11 is 1.85. The van der Waals surface area contributed by atoms with E-state index in [0.717, 1.165) is 44.5 Å². The van der Waals surface area contributed by atoms with E-state index in [1.54, 1.807) is 33.9 Å². The van der Waals surface area contributed by atoms with Gasteiger partial charge in [0.1, 0.15) is 11.4 Å². The first-order valence-electron chi connectivity index (χ1n) is 15.8. The van der Waals surface area contributed by atoms with Crippen LogP contribution >= 0.6 is 11.8 Å². The van der Waals surface area contributed by atoms with Gasteiger partial charge in [-0.3, -0.25) is 23.7 Å². The number of fused-ring (bicyclic) bond motifs is 1. The van der Waals surface area contributed by atoms with Gasteiger partial charge in [0.15, 0.2) is 0 Å². The van der Waals surface area contributed by atoms with Crippen molar-refractivity contribution >= 4 is 41.2 Å². The Hall–Kier alpha value is -4.47. The number of hydrogen-bond acceptors (Lipinski definition) is 9. The van der Waals surface area contributed by atoms with Crippen molar-refractivity contribution in [2.24, 2.45) is 0 Å². The highest BCUT2D eigenvalue weighted by atomic mass is 32.2. The quantitative estimate of drug-likeness (QED) is 0.114. The number of carbonyl (C=O) groups is 4. The van der Waals surface area contributed by atoms with Gasteiger partial charge in [0.25, 0.3) is 11.8 Å². The minimum atomic E-state index is -0.418. The first-order valence-corrected chi connectivity index (χ1v) is 16.8. The molecule has 5 amide bonds. The second-order valence-electron chi connectivity index (χ2n) is 11.5. The van der Waals surface area contributed by atoms with Gasteiger partial charge < -0.3 is 26.6 Å². The third-order valence-corrected chi connectivity index (χ3v) is 9.27. The molecular formula is C30H41N11O4S. The molecule has 0 unspecified atom stereocenters. The van der Waals surface area contributed by atoms with Crippen molar-refractivity contribution in [2.75, 3.05) is 11.1 Å². The van der Waals surface area contributed by atoms with Gasteiger partial charge >= 0.3 is 6.03 Å². The third kappa shape index (κ3) is 8.83. The minimum absolute atomic E-state index is 0.108.